The summed E-state index contributed by atoms with van der Waals surface area (Å²) >= 11 is 0. The second-order valence-corrected chi connectivity index (χ2v) is 4.97. The first kappa shape index (κ1) is 12.0. The zero-order chi connectivity index (χ0) is 12.3. The summed E-state index contributed by atoms with van der Waals surface area (Å²) in [4.78, 5) is 13.5. The van der Waals surface area contributed by atoms with Gasteiger partial charge in [0.05, 0.1) is 0 Å². The van der Waals surface area contributed by atoms with Crippen molar-refractivity contribution in [2.45, 2.75) is 26.7 Å². The molecule has 1 fully saturated rings. The SMILES string of the molecule is CC(C)CNc1ccc(N2CCCC2=O)cc1. The Hall–Kier alpha value is -1.51. The van der Waals surface area contributed by atoms with E-state index in [0.29, 0.717) is 12.3 Å². The topological polar surface area (TPSA) is 32.3 Å². The van der Waals surface area contributed by atoms with Crippen molar-refractivity contribution in [3.63, 3.8) is 0 Å². The fraction of sp³-hybridized carbons (Fsp3) is 0.500. The number of nitrogens with one attached hydrogen (secondary N) is 1. The van der Waals surface area contributed by atoms with Gasteiger partial charge in [0.2, 0.25) is 5.91 Å². The molecule has 0 saturated carbocycles. The average molecular weight is 232 g/mol. The normalized spacial score (nSPS) is 15.7. The molecule has 1 aliphatic rings. The third-order valence-electron chi connectivity index (χ3n) is 2.97. The molecule has 3 nitrogen and oxygen atoms in total. The Balaban J connectivity index is 2.00. The maximum atomic E-state index is 11.6. The molecule has 1 aliphatic heterocycles. The number of anilines is 2. The van der Waals surface area contributed by atoms with E-state index in [-0.39, 0.29) is 5.91 Å². The van der Waals surface area contributed by atoms with Crippen LogP contribution in [0.2, 0.25) is 0 Å². The van der Waals surface area contributed by atoms with Gasteiger partial charge in [0, 0.05) is 30.9 Å². The van der Waals surface area contributed by atoms with Gasteiger partial charge in [0.25, 0.3) is 0 Å². The maximum absolute atomic E-state index is 11.6. The number of rotatable bonds is 4. The van der Waals surface area contributed by atoms with E-state index in [0.717, 1.165) is 30.9 Å². The summed E-state index contributed by atoms with van der Waals surface area (Å²) in [6.45, 7) is 6.20. The zero-order valence-electron chi connectivity index (χ0n) is 10.6. The molecule has 1 aromatic carbocycles. The third kappa shape index (κ3) is 2.99. The van der Waals surface area contributed by atoms with Gasteiger partial charge >= 0.3 is 0 Å². The molecule has 2 rings (SSSR count). The van der Waals surface area contributed by atoms with Crippen LogP contribution in [0.4, 0.5) is 11.4 Å². The lowest BCUT2D eigenvalue weighted by molar-refractivity contribution is -0.117. The van der Waals surface area contributed by atoms with Crippen LogP contribution in [0.1, 0.15) is 26.7 Å². The molecular formula is C14H20N2O. The van der Waals surface area contributed by atoms with Gasteiger partial charge in [-0.2, -0.15) is 0 Å². The van der Waals surface area contributed by atoms with Crippen LogP contribution in [0.25, 0.3) is 0 Å². The fourth-order valence-electron chi connectivity index (χ4n) is 2.00. The van der Waals surface area contributed by atoms with Gasteiger partial charge in [-0.05, 0) is 36.6 Å². The number of carbonyl (C=O) groups is 1. The highest BCUT2D eigenvalue weighted by Crippen LogP contribution is 2.22. The minimum atomic E-state index is 0.243. The largest absolute Gasteiger partial charge is 0.385 e. The predicted molar refractivity (Wildman–Crippen MR) is 71.4 cm³/mol. The number of hydrogen-bond acceptors (Lipinski definition) is 2. The first-order valence-corrected chi connectivity index (χ1v) is 6.31. The molecule has 0 bridgehead atoms. The second kappa shape index (κ2) is 5.21. The number of nitrogens with zero attached hydrogens (tertiary/aromatic N) is 1. The van der Waals surface area contributed by atoms with E-state index in [1.165, 1.54) is 0 Å². The van der Waals surface area contributed by atoms with Crippen molar-refractivity contribution >= 4 is 17.3 Å². The van der Waals surface area contributed by atoms with Crippen LogP contribution in [0.3, 0.4) is 0 Å². The fourth-order valence-corrected chi connectivity index (χ4v) is 2.00. The molecule has 17 heavy (non-hydrogen) atoms. The van der Waals surface area contributed by atoms with Crippen molar-refractivity contribution in [3.8, 4) is 0 Å². The lowest BCUT2D eigenvalue weighted by Crippen LogP contribution is -2.23. The lowest BCUT2D eigenvalue weighted by atomic mass is 10.2. The minimum Gasteiger partial charge on any atom is -0.385 e. The molecule has 0 aliphatic carbocycles. The van der Waals surface area contributed by atoms with Crippen LogP contribution < -0.4 is 10.2 Å². The second-order valence-electron chi connectivity index (χ2n) is 4.97. The molecule has 3 heteroatoms. The number of hydrogen-bond donors (Lipinski definition) is 1. The summed E-state index contributed by atoms with van der Waals surface area (Å²) in [6, 6.07) is 8.13. The predicted octanol–water partition coefficient (Wildman–Crippen LogP) is 2.88. The van der Waals surface area contributed by atoms with Crippen molar-refractivity contribution in [1.29, 1.82) is 0 Å². The average Bonchev–Trinajstić information content (AvgIpc) is 2.73. The number of amides is 1. The van der Waals surface area contributed by atoms with Gasteiger partial charge in [-0.3, -0.25) is 4.79 Å². The Morgan fingerprint density at radius 3 is 2.53 bits per heavy atom. The van der Waals surface area contributed by atoms with E-state index < -0.39 is 0 Å². The molecule has 0 radical (unpaired) electrons. The smallest absolute Gasteiger partial charge is 0.227 e. The highest BCUT2D eigenvalue weighted by molar-refractivity contribution is 5.95. The first-order valence-electron chi connectivity index (χ1n) is 6.31. The quantitative estimate of drug-likeness (QED) is 0.865. The number of carbonyl (C=O) groups excluding carboxylic acids is 1. The van der Waals surface area contributed by atoms with Crippen LogP contribution >= 0.6 is 0 Å². The van der Waals surface area contributed by atoms with Crippen LogP contribution in [0.15, 0.2) is 24.3 Å². The highest BCUT2D eigenvalue weighted by Gasteiger charge is 2.21. The van der Waals surface area contributed by atoms with Gasteiger partial charge in [0.15, 0.2) is 0 Å². The molecule has 0 spiro atoms. The molecule has 1 amide bonds. The van der Waals surface area contributed by atoms with Crippen molar-refractivity contribution in [1.82, 2.24) is 0 Å². The number of benzene rings is 1. The van der Waals surface area contributed by atoms with Crippen LogP contribution in [0, 0.1) is 5.92 Å². The molecule has 0 aromatic heterocycles. The van der Waals surface area contributed by atoms with Crippen molar-refractivity contribution in [2.75, 3.05) is 23.3 Å². The van der Waals surface area contributed by atoms with E-state index in [1.807, 2.05) is 29.2 Å². The van der Waals surface area contributed by atoms with Crippen LogP contribution in [0.5, 0.6) is 0 Å². The van der Waals surface area contributed by atoms with E-state index in [2.05, 4.69) is 19.2 Å². The lowest BCUT2D eigenvalue weighted by Gasteiger charge is -2.16. The van der Waals surface area contributed by atoms with E-state index in [9.17, 15) is 4.79 Å². The Morgan fingerprint density at radius 2 is 2.00 bits per heavy atom. The summed E-state index contributed by atoms with van der Waals surface area (Å²) in [5.74, 6) is 0.878. The summed E-state index contributed by atoms with van der Waals surface area (Å²) in [7, 11) is 0. The van der Waals surface area contributed by atoms with Gasteiger partial charge in [-0.1, -0.05) is 13.8 Å². The highest BCUT2D eigenvalue weighted by atomic mass is 16.2. The van der Waals surface area contributed by atoms with Gasteiger partial charge in [-0.15, -0.1) is 0 Å². The maximum Gasteiger partial charge on any atom is 0.227 e. The summed E-state index contributed by atoms with van der Waals surface area (Å²) in [5, 5.41) is 3.37. The van der Waals surface area contributed by atoms with E-state index in [1.54, 1.807) is 0 Å². The molecule has 1 aromatic rings. The Labute approximate surface area is 103 Å². The molecule has 1 saturated heterocycles. The molecule has 0 unspecified atom stereocenters. The first-order chi connectivity index (χ1) is 8.16. The zero-order valence-corrected chi connectivity index (χ0v) is 10.6. The summed E-state index contributed by atoms with van der Waals surface area (Å²) in [5.41, 5.74) is 2.14. The van der Waals surface area contributed by atoms with E-state index in [4.69, 9.17) is 0 Å². The Kier molecular flexibility index (Phi) is 3.67. The van der Waals surface area contributed by atoms with Gasteiger partial charge in [0.1, 0.15) is 0 Å². The van der Waals surface area contributed by atoms with Crippen molar-refractivity contribution < 1.29 is 4.79 Å². The van der Waals surface area contributed by atoms with Crippen LogP contribution in [-0.4, -0.2) is 19.0 Å². The molecule has 1 N–H and O–H groups in total. The molecule has 92 valence electrons. The Bertz CT molecular complexity index is 384. The summed E-state index contributed by atoms with van der Waals surface area (Å²) < 4.78 is 0. The Morgan fingerprint density at radius 1 is 1.29 bits per heavy atom. The molecular weight excluding hydrogens is 212 g/mol. The van der Waals surface area contributed by atoms with E-state index >= 15 is 0 Å². The van der Waals surface area contributed by atoms with Crippen LogP contribution in [-0.2, 0) is 4.79 Å². The van der Waals surface area contributed by atoms with Crippen molar-refractivity contribution in [2.24, 2.45) is 5.92 Å². The standard InChI is InChI=1S/C14H20N2O/c1-11(2)10-15-12-5-7-13(8-6-12)16-9-3-4-14(16)17/h5-8,11,15H,3-4,9-10H2,1-2H3. The summed E-state index contributed by atoms with van der Waals surface area (Å²) in [6.07, 6.45) is 1.67. The molecule has 0 atom stereocenters. The molecule has 1 heterocycles. The van der Waals surface area contributed by atoms with Gasteiger partial charge < -0.3 is 10.2 Å². The minimum absolute atomic E-state index is 0.243. The third-order valence-corrected chi connectivity index (χ3v) is 2.97. The monoisotopic (exact) mass is 232 g/mol. The van der Waals surface area contributed by atoms with Crippen molar-refractivity contribution in [3.05, 3.63) is 24.3 Å². The van der Waals surface area contributed by atoms with Gasteiger partial charge in [-0.25, -0.2) is 0 Å².